The van der Waals surface area contributed by atoms with Crippen molar-refractivity contribution in [1.29, 1.82) is 0 Å². The highest BCUT2D eigenvalue weighted by Gasteiger charge is 2.20. The molecule has 0 radical (unpaired) electrons. The molecular formula is C14H15ClN2O2. The van der Waals surface area contributed by atoms with Crippen molar-refractivity contribution in [1.82, 2.24) is 9.78 Å². The van der Waals surface area contributed by atoms with Crippen LogP contribution in [-0.4, -0.2) is 22.9 Å². The lowest BCUT2D eigenvalue weighted by Gasteiger charge is -2.03. The molecule has 100 valence electrons. The number of methoxy groups -OCH3 is 1. The van der Waals surface area contributed by atoms with Gasteiger partial charge in [0.25, 0.3) is 0 Å². The van der Waals surface area contributed by atoms with Crippen LogP contribution in [-0.2, 0) is 18.2 Å². The standard InChI is InChI=1S/C14H15ClN2O2/c1-9-13(14(18)19-3)12(16-17(9)2)8-10-5-4-6-11(15)7-10/h4-7H,8H2,1-3H3. The second-order valence-corrected chi connectivity index (χ2v) is 4.77. The van der Waals surface area contributed by atoms with Crippen LogP contribution >= 0.6 is 11.6 Å². The number of ether oxygens (including phenoxy) is 1. The lowest BCUT2D eigenvalue weighted by molar-refractivity contribution is 0.0598. The van der Waals surface area contributed by atoms with Crippen LogP contribution < -0.4 is 0 Å². The zero-order valence-electron chi connectivity index (χ0n) is 11.1. The maximum atomic E-state index is 11.8. The molecule has 1 aromatic heterocycles. The van der Waals surface area contributed by atoms with Gasteiger partial charge in [0, 0.05) is 24.2 Å². The number of halogens is 1. The van der Waals surface area contributed by atoms with Gasteiger partial charge in [-0.3, -0.25) is 4.68 Å². The van der Waals surface area contributed by atoms with Crippen LogP contribution in [0.1, 0.15) is 27.3 Å². The number of carbonyl (C=O) groups is 1. The number of rotatable bonds is 3. The molecule has 0 aliphatic carbocycles. The summed E-state index contributed by atoms with van der Waals surface area (Å²) in [5.74, 6) is -0.359. The molecule has 0 bridgehead atoms. The Balaban J connectivity index is 2.40. The van der Waals surface area contributed by atoms with Crippen molar-refractivity contribution in [2.75, 3.05) is 7.11 Å². The fraction of sp³-hybridized carbons (Fsp3) is 0.286. The van der Waals surface area contributed by atoms with E-state index in [0.717, 1.165) is 11.3 Å². The highest BCUT2D eigenvalue weighted by molar-refractivity contribution is 6.30. The van der Waals surface area contributed by atoms with Crippen molar-refractivity contribution in [3.8, 4) is 0 Å². The smallest absolute Gasteiger partial charge is 0.341 e. The maximum Gasteiger partial charge on any atom is 0.341 e. The lowest BCUT2D eigenvalue weighted by Crippen LogP contribution is -2.06. The number of aryl methyl sites for hydroxylation is 1. The average molecular weight is 279 g/mol. The summed E-state index contributed by atoms with van der Waals surface area (Å²) in [6, 6.07) is 7.52. The van der Waals surface area contributed by atoms with E-state index in [-0.39, 0.29) is 5.97 Å². The van der Waals surface area contributed by atoms with E-state index in [1.54, 1.807) is 4.68 Å². The summed E-state index contributed by atoms with van der Waals surface area (Å²) < 4.78 is 6.50. The molecule has 0 fully saturated rings. The molecule has 19 heavy (non-hydrogen) atoms. The summed E-state index contributed by atoms with van der Waals surface area (Å²) in [5, 5.41) is 5.05. The molecule has 0 amide bonds. The summed E-state index contributed by atoms with van der Waals surface area (Å²) in [7, 11) is 3.18. The Bertz CT molecular complexity index is 620. The van der Waals surface area contributed by atoms with Gasteiger partial charge < -0.3 is 4.74 Å². The highest BCUT2D eigenvalue weighted by atomic mass is 35.5. The van der Waals surface area contributed by atoms with E-state index < -0.39 is 0 Å². The summed E-state index contributed by atoms with van der Waals surface area (Å²) in [5.41, 5.74) is 3.04. The number of esters is 1. The number of nitrogens with zero attached hydrogens (tertiary/aromatic N) is 2. The molecule has 0 saturated carbocycles. The van der Waals surface area contributed by atoms with Gasteiger partial charge >= 0.3 is 5.97 Å². The van der Waals surface area contributed by atoms with Gasteiger partial charge in [-0.15, -0.1) is 0 Å². The summed E-state index contributed by atoms with van der Waals surface area (Å²) in [4.78, 5) is 11.8. The summed E-state index contributed by atoms with van der Waals surface area (Å²) in [6.07, 6.45) is 0.548. The first-order valence-corrected chi connectivity index (χ1v) is 6.26. The van der Waals surface area contributed by atoms with E-state index >= 15 is 0 Å². The van der Waals surface area contributed by atoms with E-state index in [1.807, 2.05) is 38.2 Å². The second kappa shape index (κ2) is 5.45. The van der Waals surface area contributed by atoms with Crippen LogP contribution in [0.5, 0.6) is 0 Å². The molecule has 2 aromatic rings. The van der Waals surface area contributed by atoms with Gasteiger partial charge in [-0.25, -0.2) is 4.79 Å². The topological polar surface area (TPSA) is 44.1 Å². The van der Waals surface area contributed by atoms with Crippen molar-refractivity contribution in [3.05, 3.63) is 51.8 Å². The van der Waals surface area contributed by atoms with Gasteiger partial charge in [-0.2, -0.15) is 5.10 Å². The van der Waals surface area contributed by atoms with Gasteiger partial charge in [0.1, 0.15) is 5.56 Å². The molecule has 0 unspecified atom stereocenters. The number of carbonyl (C=O) groups excluding carboxylic acids is 1. The fourth-order valence-electron chi connectivity index (χ4n) is 2.01. The van der Waals surface area contributed by atoms with Crippen LogP contribution in [0.15, 0.2) is 24.3 Å². The first-order chi connectivity index (χ1) is 9.02. The summed E-state index contributed by atoms with van der Waals surface area (Å²) >= 11 is 5.96. The van der Waals surface area contributed by atoms with Crippen molar-refractivity contribution in [2.45, 2.75) is 13.3 Å². The number of aromatic nitrogens is 2. The Kier molecular flexibility index (Phi) is 3.90. The second-order valence-electron chi connectivity index (χ2n) is 4.33. The molecule has 0 aliphatic rings. The quantitative estimate of drug-likeness (QED) is 0.811. The van der Waals surface area contributed by atoms with Crippen LogP contribution in [0.3, 0.4) is 0 Å². The molecule has 0 spiro atoms. The molecule has 5 heteroatoms. The Hall–Kier alpha value is -1.81. The molecule has 0 atom stereocenters. The molecule has 0 saturated heterocycles. The van der Waals surface area contributed by atoms with E-state index in [0.29, 0.717) is 22.7 Å². The van der Waals surface area contributed by atoms with Gasteiger partial charge in [0.2, 0.25) is 0 Å². The van der Waals surface area contributed by atoms with Gasteiger partial charge in [0.15, 0.2) is 0 Å². The van der Waals surface area contributed by atoms with Gasteiger partial charge in [-0.05, 0) is 24.6 Å². The minimum atomic E-state index is -0.359. The normalized spacial score (nSPS) is 10.5. The van der Waals surface area contributed by atoms with Crippen molar-refractivity contribution >= 4 is 17.6 Å². The largest absolute Gasteiger partial charge is 0.465 e. The van der Waals surface area contributed by atoms with E-state index in [2.05, 4.69) is 5.10 Å². The first kappa shape index (κ1) is 13.6. The van der Waals surface area contributed by atoms with E-state index in [9.17, 15) is 4.79 Å². The zero-order valence-corrected chi connectivity index (χ0v) is 11.9. The Morgan fingerprint density at radius 3 is 2.84 bits per heavy atom. The Morgan fingerprint density at radius 2 is 2.21 bits per heavy atom. The van der Waals surface area contributed by atoms with Crippen LogP contribution in [0.4, 0.5) is 0 Å². The molecular weight excluding hydrogens is 264 g/mol. The predicted molar refractivity (Wildman–Crippen MR) is 73.5 cm³/mol. The SMILES string of the molecule is COC(=O)c1c(Cc2cccc(Cl)c2)nn(C)c1C. The third kappa shape index (κ3) is 2.79. The fourth-order valence-corrected chi connectivity index (χ4v) is 2.22. The third-order valence-corrected chi connectivity index (χ3v) is 3.29. The van der Waals surface area contributed by atoms with Crippen molar-refractivity contribution < 1.29 is 9.53 Å². The predicted octanol–water partition coefficient (Wildman–Crippen LogP) is 2.76. The molecule has 1 heterocycles. The van der Waals surface area contributed by atoms with Crippen LogP contribution in [0.2, 0.25) is 5.02 Å². The Labute approximate surface area is 116 Å². The molecule has 2 rings (SSSR count). The molecule has 0 aliphatic heterocycles. The van der Waals surface area contributed by atoms with Gasteiger partial charge in [0.05, 0.1) is 12.8 Å². The minimum Gasteiger partial charge on any atom is -0.465 e. The summed E-state index contributed by atoms with van der Waals surface area (Å²) in [6.45, 7) is 1.85. The number of benzene rings is 1. The maximum absolute atomic E-state index is 11.8. The monoisotopic (exact) mass is 278 g/mol. The molecule has 0 N–H and O–H groups in total. The number of hydrogen-bond acceptors (Lipinski definition) is 3. The molecule has 4 nitrogen and oxygen atoms in total. The van der Waals surface area contributed by atoms with Crippen LogP contribution in [0.25, 0.3) is 0 Å². The zero-order chi connectivity index (χ0) is 14.0. The van der Waals surface area contributed by atoms with Crippen molar-refractivity contribution in [3.63, 3.8) is 0 Å². The Morgan fingerprint density at radius 1 is 1.47 bits per heavy atom. The minimum absolute atomic E-state index is 0.359. The first-order valence-electron chi connectivity index (χ1n) is 5.88. The van der Waals surface area contributed by atoms with Crippen molar-refractivity contribution in [2.24, 2.45) is 7.05 Å². The van der Waals surface area contributed by atoms with Crippen LogP contribution in [0, 0.1) is 6.92 Å². The number of hydrogen-bond donors (Lipinski definition) is 0. The lowest BCUT2D eigenvalue weighted by atomic mass is 10.1. The third-order valence-electron chi connectivity index (χ3n) is 3.06. The van der Waals surface area contributed by atoms with E-state index in [4.69, 9.17) is 16.3 Å². The average Bonchev–Trinajstić information content (AvgIpc) is 2.64. The molecule has 1 aromatic carbocycles. The highest BCUT2D eigenvalue weighted by Crippen LogP contribution is 2.19. The van der Waals surface area contributed by atoms with Gasteiger partial charge in [-0.1, -0.05) is 23.7 Å². The van der Waals surface area contributed by atoms with E-state index in [1.165, 1.54) is 7.11 Å².